The highest BCUT2D eigenvalue weighted by Crippen LogP contribution is 2.19. The summed E-state index contributed by atoms with van der Waals surface area (Å²) in [4.78, 5) is 36.3. The number of carbonyl (C=O) groups excluding carboxylic acids is 2. The number of carboxylic acids is 1. The van der Waals surface area contributed by atoms with E-state index in [0.717, 1.165) is 0 Å². The van der Waals surface area contributed by atoms with Crippen molar-refractivity contribution in [1.82, 2.24) is 5.32 Å². The largest absolute Gasteiger partial charge is 0.482 e. The van der Waals surface area contributed by atoms with Crippen molar-refractivity contribution >= 4 is 23.5 Å². The van der Waals surface area contributed by atoms with Gasteiger partial charge in [0, 0.05) is 18.2 Å². The predicted octanol–water partition coefficient (Wildman–Crippen LogP) is 1.66. The molecule has 0 radical (unpaired) electrons. The molecule has 0 aliphatic rings. The lowest BCUT2D eigenvalue weighted by atomic mass is 9.95. The molecule has 1 atom stereocenters. The van der Waals surface area contributed by atoms with E-state index >= 15 is 0 Å². The molecule has 1 aromatic carbocycles. The zero-order valence-electron chi connectivity index (χ0n) is 14.6. The van der Waals surface area contributed by atoms with Gasteiger partial charge in [-0.25, -0.2) is 4.79 Å². The summed E-state index contributed by atoms with van der Waals surface area (Å²) in [6.07, 6.45) is 0. The van der Waals surface area contributed by atoms with Gasteiger partial charge in [0.1, 0.15) is 11.8 Å². The zero-order valence-corrected chi connectivity index (χ0v) is 14.6. The lowest BCUT2D eigenvalue weighted by molar-refractivity contribution is -0.139. The molecule has 0 aromatic heterocycles. The van der Waals surface area contributed by atoms with E-state index in [1.165, 1.54) is 4.90 Å². The maximum absolute atomic E-state index is 12.4. The average molecular weight is 336 g/mol. The number of ether oxygens (including phenoxy) is 1. The highest BCUT2D eigenvalue weighted by molar-refractivity contribution is 5.99. The Morgan fingerprint density at radius 2 is 1.75 bits per heavy atom. The lowest BCUT2D eigenvalue weighted by Crippen LogP contribution is -2.48. The van der Waals surface area contributed by atoms with Crippen LogP contribution in [0.15, 0.2) is 24.3 Å². The minimum atomic E-state index is -1.06. The van der Waals surface area contributed by atoms with Gasteiger partial charge in [-0.1, -0.05) is 20.8 Å². The van der Waals surface area contributed by atoms with Crippen LogP contribution in [-0.4, -0.2) is 42.6 Å². The molecule has 24 heavy (non-hydrogen) atoms. The van der Waals surface area contributed by atoms with Gasteiger partial charge in [0.2, 0.25) is 11.8 Å². The van der Waals surface area contributed by atoms with Crippen LogP contribution in [0, 0.1) is 5.41 Å². The quantitative estimate of drug-likeness (QED) is 0.824. The highest BCUT2D eigenvalue weighted by Gasteiger charge is 2.26. The van der Waals surface area contributed by atoms with Crippen molar-refractivity contribution in [2.24, 2.45) is 5.41 Å². The van der Waals surface area contributed by atoms with E-state index in [9.17, 15) is 14.4 Å². The van der Waals surface area contributed by atoms with Crippen molar-refractivity contribution in [2.75, 3.05) is 18.6 Å². The molecule has 2 amide bonds. The number of rotatable bonds is 6. The second-order valence-corrected chi connectivity index (χ2v) is 6.52. The van der Waals surface area contributed by atoms with Gasteiger partial charge in [-0.05, 0) is 31.2 Å². The van der Waals surface area contributed by atoms with Crippen LogP contribution in [-0.2, 0) is 14.4 Å². The van der Waals surface area contributed by atoms with Gasteiger partial charge in [0.15, 0.2) is 6.61 Å². The molecular formula is C17H24N2O5. The molecule has 0 bridgehead atoms. The van der Waals surface area contributed by atoms with Crippen LogP contribution in [0.5, 0.6) is 5.75 Å². The van der Waals surface area contributed by atoms with Crippen LogP contribution in [0.1, 0.15) is 27.7 Å². The van der Waals surface area contributed by atoms with Gasteiger partial charge >= 0.3 is 5.97 Å². The number of benzene rings is 1. The normalized spacial score (nSPS) is 12.2. The summed E-state index contributed by atoms with van der Waals surface area (Å²) >= 11 is 0. The second kappa shape index (κ2) is 7.81. The number of nitrogens with one attached hydrogen (secondary N) is 1. The smallest absolute Gasteiger partial charge is 0.341 e. The van der Waals surface area contributed by atoms with Gasteiger partial charge in [-0.15, -0.1) is 0 Å². The molecule has 0 fully saturated rings. The number of anilines is 1. The molecule has 0 aliphatic carbocycles. The summed E-state index contributed by atoms with van der Waals surface area (Å²) in [6, 6.07) is 5.80. The molecule has 0 saturated heterocycles. The standard InChI is InChI=1S/C17H24N2O5/c1-11(18-16(23)17(2,3)4)15(22)19(5)12-6-8-13(9-7-12)24-10-14(20)21/h6-9,11H,10H2,1-5H3,(H,18,23)(H,20,21). The number of amides is 2. The third-order valence-electron chi connectivity index (χ3n) is 3.32. The van der Waals surface area contributed by atoms with E-state index in [2.05, 4.69) is 5.32 Å². The SMILES string of the molecule is CC(NC(=O)C(C)(C)C)C(=O)N(C)c1ccc(OCC(=O)O)cc1. The van der Waals surface area contributed by atoms with Gasteiger partial charge in [-0.3, -0.25) is 9.59 Å². The lowest BCUT2D eigenvalue weighted by Gasteiger charge is -2.25. The molecule has 1 aromatic rings. The summed E-state index contributed by atoms with van der Waals surface area (Å²) < 4.78 is 5.04. The first kappa shape index (κ1) is 19.5. The fraction of sp³-hybridized carbons (Fsp3) is 0.471. The predicted molar refractivity (Wildman–Crippen MR) is 90.0 cm³/mol. The molecule has 2 N–H and O–H groups in total. The molecule has 132 valence electrons. The number of likely N-dealkylation sites (N-methyl/N-ethyl adjacent to an activating group) is 1. The molecule has 7 heteroatoms. The van der Waals surface area contributed by atoms with Gasteiger partial charge in [0.05, 0.1) is 0 Å². The van der Waals surface area contributed by atoms with Crippen molar-refractivity contribution in [1.29, 1.82) is 0 Å². The Hall–Kier alpha value is -2.57. The van der Waals surface area contributed by atoms with E-state index in [0.29, 0.717) is 11.4 Å². The molecule has 0 spiro atoms. The first-order valence-corrected chi connectivity index (χ1v) is 7.55. The number of carbonyl (C=O) groups is 3. The molecule has 0 saturated carbocycles. The number of hydrogen-bond acceptors (Lipinski definition) is 4. The number of aliphatic carboxylic acids is 1. The molecule has 0 heterocycles. The fourth-order valence-corrected chi connectivity index (χ4v) is 1.80. The first-order valence-electron chi connectivity index (χ1n) is 7.55. The van der Waals surface area contributed by atoms with Crippen LogP contribution in [0.3, 0.4) is 0 Å². The fourth-order valence-electron chi connectivity index (χ4n) is 1.80. The minimum absolute atomic E-state index is 0.200. The van der Waals surface area contributed by atoms with Crippen molar-refractivity contribution in [3.63, 3.8) is 0 Å². The van der Waals surface area contributed by atoms with E-state index < -0.39 is 24.0 Å². The van der Waals surface area contributed by atoms with E-state index in [1.54, 1.807) is 59.0 Å². The molecule has 7 nitrogen and oxygen atoms in total. The Morgan fingerprint density at radius 1 is 1.21 bits per heavy atom. The Bertz CT molecular complexity index is 604. The minimum Gasteiger partial charge on any atom is -0.482 e. The van der Waals surface area contributed by atoms with Gasteiger partial charge < -0.3 is 20.1 Å². The monoisotopic (exact) mass is 336 g/mol. The maximum atomic E-state index is 12.4. The topological polar surface area (TPSA) is 95.9 Å². The Kier molecular flexibility index (Phi) is 6.34. The second-order valence-electron chi connectivity index (χ2n) is 6.52. The Balaban J connectivity index is 2.71. The van der Waals surface area contributed by atoms with E-state index in [1.807, 2.05) is 0 Å². The van der Waals surface area contributed by atoms with Crippen molar-refractivity contribution in [3.05, 3.63) is 24.3 Å². The average Bonchev–Trinajstić information content (AvgIpc) is 2.50. The highest BCUT2D eigenvalue weighted by atomic mass is 16.5. The van der Waals surface area contributed by atoms with E-state index in [4.69, 9.17) is 9.84 Å². The summed E-state index contributed by atoms with van der Waals surface area (Å²) in [5, 5.41) is 11.3. The summed E-state index contributed by atoms with van der Waals surface area (Å²) in [6.45, 7) is 6.54. The molecule has 1 rings (SSSR count). The van der Waals surface area contributed by atoms with Crippen LogP contribution < -0.4 is 15.0 Å². The molecule has 0 aliphatic heterocycles. The summed E-state index contributed by atoms with van der Waals surface area (Å²) in [7, 11) is 1.61. The van der Waals surface area contributed by atoms with Crippen LogP contribution in [0.25, 0.3) is 0 Å². The maximum Gasteiger partial charge on any atom is 0.341 e. The van der Waals surface area contributed by atoms with E-state index in [-0.39, 0.29) is 11.8 Å². The van der Waals surface area contributed by atoms with Crippen LogP contribution >= 0.6 is 0 Å². The molecular weight excluding hydrogens is 312 g/mol. The van der Waals surface area contributed by atoms with Crippen molar-refractivity contribution in [2.45, 2.75) is 33.7 Å². The van der Waals surface area contributed by atoms with Gasteiger partial charge in [0.25, 0.3) is 0 Å². The number of nitrogens with zero attached hydrogens (tertiary/aromatic N) is 1. The third kappa shape index (κ3) is 5.57. The van der Waals surface area contributed by atoms with Gasteiger partial charge in [-0.2, -0.15) is 0 Å². The Morgan fingerprint density at radius 3 is 2.21 bits per heavy atom. The molecule has 1 unspecified atom stereocenters. The summed E-state index contributed by atoms with van der Waals surface area (Å²) in [5.41, 5.74) is 0.0375. The zero-order chi connectivity index (χ0) is 18.5. The first-order chi connectivity index (χ1) is 11.0. The van der Waals surface area contributed by atoms with Crippen molar-refractivity contribution in [3.8, 4) is 5.75 Å². The Labute approximate surface area is 141 Å². The van der Waals surface area contributed by atoms with Crippen LogP contribution in [0.4, 0.5) is 5.69 Å². The van der Waals surface area contributed by atoms with Crippen LogP contribution in [0.2, 0.25) is 0 Å². The summed E-state index contributed by atoms with van der Waals surface area (Å²) in [5.74, 6) is -1.12. The van der Waals surface area contributed by atoms with Crippen molar-refractivity contribution < 1.29 is 24.2 Å². The number of hydrogen-bond donors (Lipinski definition) is 2. The third-order valence-corrected chi connectivity index (χ3v) is 3.32. The number of carboxylic acid groups (broad SMARTS) is 1.